The second-order valence-corrected chi connectivity index (χ2v) is 5.17. The minimum absolute atomic E-state index is 0. The number of alkyl halides is 3. The van der Waals surface area contributed by atoms with Gasteiger partial charge in [0.15, 0.2) is 0 Å². The Balaban J connectivity index is 0.00000361. The molecule has 1 aliphatic rings. The summed E-state index contributed by atoms with van der Waals surface area (Å²) in [5.74, 6) is -0.0219. The first-order valence-electron chi connectivity index (χ1n) is 6.56. The van der Waals surface area contributed by atoms with Crippen LogP contribution >= 0.6 is 12.4 Å². The maximum Gasteiger partial charge on any atom is 0.401 e. The Morgan fingerprint density at radius 2 is 2.10 bits per heavy atom. The third kappa shape index (κ3) is 6.28. The van der Waals surface area contributed by atoms with Crippen LogP contribution in [-0.4, -0.2) is 60.6 Å². The molecule has 0 bridgehead atoms. The lowest BCUT2D eigenvalue weighted by Gasteiger charge is -2.25. The van der Waals surface area contributed by atoms with E-state index >= 15 is 0 Å². The van der Waals surface area contributed by atoms with Gasteiger partial charge in [-0.2, -0.15) is 13.2 Å². The molecule has 1 heterocycles. The number of nitrogens with zero attached hydrogens (tertiary/aromatic N) is 2. The zero-order valence-corrected chi connectivity index (χ0v) is 12.6. The van der Waals surface area contributed by atoms with Crippen molar-refractivity contribution in [1.29, 1.82) is 0 Å². The molecule has 2 N–H and O–H groups in total. The number of carbonyl (C=O) groups excluding carboxylic acids is 1. The van der Waals surface area contributed by atoms with E-state index in [1.165, 1.54) is 4.90 Å². The molecule has 2 atom stereocenters. The van der Waals surface area contributed by atoms with Crippen LogP contribution in [0.15, 0.2) is 0 Å². The lowest BCUT2D eigenvalue weighted by Crippen LogP contribution is -2.42. The Morgan fingerprint density at radius 3 is 2.55 bits per heavy atom. The predicted octanol–water partition coefficient (Wildman–Crippen LogP) is 1.49. The molecular formula is C12H23ClF3N3O. The van der Waals surface area contributed by atoms with Crippen LogP contribution in [-0.2, 0) is 4.79 Å². The number of amides is 1. The van der Waals surface area contributed by atoms with E-state index in [1.54, 1.807) is 18.7 Å². The van der Waals surface area contributed by atoms with Crippen molar-refractivity contribution in [2.75, 3.05) is 32.7 Å². The van der Waals surface area contributed by atoms with Crippen molar-refractivity contribution in [2.45, 2.75) is 32.5 Å². The molecule has 2 unspecified atom stereocenters. The Kier molecular flexibility index (Phi) is 7.83. The molecule has 0 radical (unpaired) electrons. The summed E-state index contributed by atoms with van der Waals surface area (Å²) in [5.41, 5.74) is 5.52. The van der Waals surface area contributed by atoms with Gasteiger partial charge in [-0.1, -0.05) is 6.92 Å². The maximum atomic E-state index is 12.4. The van der Waals surface area contributed by atoms with Gasteiger partial charge in [0.2, 0.25) is 5.91 Å². The molecule has 0 aromatic rings. The van der Waals surface area contributed by atoms with E-state index in [0.717, 1.165) is 6.42 Å². The Hall–Kier alpha value is -0.530. The Morgan fingerprint density at radius 1 is 1.50 bits per heavy atom. The predicted molar refractivity (Wildman–Crippen MR) is 73.8 cm³/mol. The monoisotopic (exact) mass is 317 g/mol. The van der Waals surface area contributed by atoms with Gasteiger partial charge < -0.3 is 10.6 Å². The van der Waals surface area contributed by atoms with Crippen molar-refractivity contribution in [3.05, 3.63) is 0 Å². The highest BCUT2D eigenvalue weighted by Crippen LogP contribution is 2.21. The summed E-state index contributed by atoms with van der Waals surface area (Å²) in [4.78, 5) is 14.7. The smallest absolute Gasteiger partial charge is 0.341 e. The highest BCUT2D eigenvalue weighted by molar-refractivity contribution is 5.85. The number of rotatable bonds is 5. The molecule has 0 saturated carbocycles. The van der Waals surface area contributed by atoms with Gasteiger partial charge in [-0.15, -0.1) is 12.4 Å². The molecule has 1 fully saturated rings. The number of carbonyl (C=O) groups is 1. The van der Waals surface area contributed by atoms with Gasteiger partial charge in [-0.3, -0.25) is 9.69 Å². The zero-order chi connectivity index (χ0) is 14.6. The van der Waals surface area contributed by atoms with Crippen LogP contribution in [0.4, 0.5) is 13.2 Å². The molecule has 1 amide bonds. The number of hydrogen-bond donors (Lipinski definition) is 1. The van der Waals surface area contributed by atoms with Gasteiger partial charge in [0.1, 0.15) is 0 Å². The lowest BCUT2D eigenvalue weighted by molar-refractivity contribution is -0.146. The summed E-state index contributed by atoms with van der Waals surface area (Å²) >= 11 is 0. The molecule has 120 valence electrons. The first-order valence-corrected chi connectivity index (χ1v) is 6.56. The van der Waals surface area contributed by atoms with Gasteiger partial charge in [0.05, 0.1) is 12.6 Å². The molecule has 1 aliphatic heterocycles. The highest BCUT2D eigenvalue weighted by Gasteiger charge is 2.33. The van der Waals surface area contributed by atoms with E-state index in [-0.39, 0.29) is 24.2 Å². The third-order valence-electron chi connectivity index (χ3n) is 3.35. The van der Waals surface area contributed by atoms with Crippen molar-refractivity contribution in [3.63, 3.8) is 0 Å². The van der Waals surface area contributed by atoms with Crippen molar-refractivity contribution >= 4 is 18.3 Å². The SMILES string of the molecule is CCN(CC1CCN(C(=O)C(C)N)C1)CC(F)(F)F.Cl. The molecule has 1 saturated heterocycles. The molecule has 0 aromatic carbocycles. The van der Waals surface area contributed by atoms with Gasteiger partial charge in [0.25, 0.3) is 0 Å². The maximum absolute atomic E-state index is 12.4. The molecule has 20 heavy (non-hydrogen) atoms. The van der Waals surface area contributed by atoms with Crippen molar-refractivity contribution in [1.82, 2.24) is 9.80 Å². The minimum atomic E-state index is -4.17. The fourth-order valence-corrected chi connectivity index (χ4v) is 2.39. The van der Waals surface area contributed by atoms with Gasteiger partial charge in [-0.25, -0.2) is 0 Å². The average Bonchev–Trinajstić information content (AvgIpc) is 2.73. The van der Waals surface area contributed by atoms with Crippen molar-refractivity contribution in [2.24, 2.45) is 11.7 Å². The van der Waals surface area contributed by atoms with Crippen molar-refractivity contribution in [3.8, 4) is 0 Å². The first-order chi connectivity index (χ1) is 8.73. The fourth-order valence-electron chi connectivity index (χ4n) is 2.39. The average molecular weight is 318 g/mol. The summed E-state index contributed by atoms with van der Waals surface area (Å²) in [7, 11) is 0. The summed E-state index contributed by atoms with van der Waals surface area (Å²) in [5, 5.41) is 0. The van der Waals surface area contributed by atoms with E-state index in [2.05, 4.69) is 0 Å². The van der Waals surface area contributed by atoms with Gasteiger partial charge >= 0.3 is 6.18 Å². The third-order valence-corrected chi connectivity index (χ3v) is 3.35. The van der Waals surface area contributed by atoms with Crippen LogP contribution in [0.1, 0.15) is 20.3 Å². The number of nitrogens with two attached hydrogens (primary N) is 1. The lowest BCUT2D eigenvalue weighted by atomic mass is 10.1. The number of likely N-dealkylation sites (tertiary alicyclic amines) is 1. The van der Waals surface area contributed by atoms with E-state index in [0.29, 0.717) is 26.2 Å². The second-order valence-electron chi connectivity index (χ2n) is 5.17. The Bertz CT molecular complexity index is 313. The van der Waals surface area contributed by atoms with Crippen LogP contribution in [0.3, 0.4) is 0 Å². The van der Waals surface area contributed by atoms with Gasteiger partial charge in [0, 0.05) is 19.6 Å². The van der Waals surface area contributed by atoms with E-state index in [1.807, 2.05) is 0 Å². The van der Waals surface area contributed by atoms with Crippen LogP contribution in [0, 0.1) is 5.92 Å². The quantitative estimate of drug-likeness (QED) is 0.836. The molecular weight excluding hydrogens is 295 g/mol. The fraction of sp³-hybridized carbons (Fsp3) is 0.917. The largest absolute Gasteiger partial charge is 0.401 e. The molecule has 1 rings (SSSR count). The normalized spacial score (nSPS) is 20.9. The summed E-state index contributed by atoms with van der Waals surface area (Å²) in [6.07, 6.45) is -3.43. The second kappa shape index (κ2) is 8.05. The van der Waals surface area contributed by atoms with E-state index in [4.69, 9.17) is 5.73 Å². The van der Waals surface area contributed by atoms with Crippen LogP contribution < -0.4 is 5.73 Å². The standard InChI is InChI=1S/C12H22F3N3O.ClH/c1-3-17(8-12(13,14)15)6-10-4-5-18(7-10)11(19)9(2)16;/h9-10H,3-8,16H2,1-2H3;1H. The molecule has 8 heteroatoms. The molecule has 0 aromatic heterocycles. The summed E-state index contributed by atoms with van der Waals surface area (Å²) < 4.78 is 37.1. The highest BCUT2D eigenvalue weighted by atomic mass is 35.5. The molecule has 4 nitrogen and oxygen atoms in total. The van der Waals surface area contributed by atoms with Gasteiger partial charge in [-0.05, 0) is 25.8 Å². The summed E-state index contributed by atoms with van der Waals surface area (Å²) in [6.45, 7) is 4.28. The van der Waals surface area contributed by atoms with Crippen LogP contribution in [0.25, 0.3) is 0 Å². The first kappa shape index (κ1) is 19.5. The topological polar surface area (TPSA) is 49.6 Å². The van der Waals surface area contributed by atoms with Crippen LogP contribution in [0.5, 0.6) is 0 Å². The molecule has 0 aliphatic carbocycles. The number of hydrogen-bond acceptors (Lipinski definition) is 3. The van der Waals surface area contributed by atoms with Crippen LogP contribution in [0.2, 0.25) is 0 Å². The Labute approximate surface area is 123 Å². The molecule has 0 spiro atoms. The van der Waals surface area contributed by atoms with Crippen molar-refractivity contribution < 1.29 is 18.0 Å². The zero-order valence-electron chi connectivity index (χ0n) is 11.8. The van der Waals surface area contributed by atoms with E-state index in [9.17, 15) is 18.0 Å². The number of halogens is 4. The van der Waals surface area contributed by atoms with E-state index < -0.39 is 18.8 Å². The minimum Gasteiger partial charge on any atom is -0.341 e. The summed E-state index contributed by atoms with van der Waals surface area (Å²) in [6, 6.07) is -0.545.